The lowest BCUT2D eigenvalue weighted by Crippen LogP contribution is -2.71. The van der Waals surface area contributed by atoms with Crippen LogP contribution >= 0.6 is 0 Å². The summed E-state index contributed by atoms with van der Waals surface area (Å²) in [6.07, 6.45) is -3.53. The molecule has 0 aromatic heterocycles. The van der Waals surface area contributed by atoms with Gasteiger partial charge in [-0.3, -0.25) is 14.9 Å². The molecule has 0 saturated carbocycles. The largest absolute Gasteiger partial charge is 0.416 e. The van der Waals surface area contributed by atoms with Gasteiger partial charge in [-0.15, -0.1) is 0 Å². The molecule has 9 heteroatoms. The van der Waals surface area contributed by atoms with Gasteiger partial charge < -0.3 is 4.90 Å². The van der Waals surface area contributed by atoms with Crippen molar-refractivity contribution in [1.82, 2.24) is 5.32 Å². The number of fused-ring (bicyclic) bond motifs is 4. The zero-order chi connectivity index (χ0) is 22.0. The third kappa shape index (κ3) is 2.75. The third-order valence-corrected chi connectivity index (χ3v) is 6.44. The molecule has 2 aromatic rings. The Morgan fingerprint density at radius 3 is 2.48 bits per heavy atom. The number of amides is 4. The van der Waals surface area contributed by atoms with Crippen molar-refractivity contribution < 1.29 is 27.6 Å². The highest BCUT2D eigenvalue weighted by Gasteiger charge is 2.63. The quantitative estimate of drug-likeness (QED) is 0.705. The molecule has 2 fully saturated rings. The standard InChI is InChI=1S/C22H18F3N3O3/c23-22(24,25)14-8-9-16-13(11-14)12-21(17-7-4-10-27(16)17)18(29)26-20(31)28(19(21)30)15-5-2-1-3-6-15/h1-3,5-6,8-9,11,17H,4,7,10,12H2,(H,26,29,31)/t17-,21-/m1/s1. The lowest BCUT2D eigenvalue weighted by atomic mass is 9.68. The van der Waals surface area contributed by atoms with Crippen LogP contribution in [0.3, 0.4) is 0 Å². The maximum Gasteiger partial charge on any atom is 0.416 e. The van der Waals surface area contributed by atoms with Crippen LogP contribution in [0.5, 0.6) is 0 Å². The number of halogens is 3. The van der Waals surface area contributed by atoms with Crippen molar-refractivity contribution in [3.8, 4) is 0 Å². The third-order valence-electron chi connectivity index (χ3n) is 6.44. The number of imide groups is 2. The molecule has 0 aliphatic carbocycles. The molecule has 3 heterocycles. The van der Waals surface area contributed by atoms with E-state index in [4.69, 9.17) is 0 Å². The van der Waals surface area contributed by atoms with Gasteiger partial charge in [0.05, 0.1) is 17.3 Å². The molecule has 31 heavy (non-hydrogen) atoms. The number of nitrogens with zero attached hydrogens (tertiary/aromatic N) is 2. The number of hydrogen-bond donors (Lipinski definition) is 1. The summed E-state index contributed by atoms with van der Waals surface area (Å²) in [7, 11) is 0. The summed E-state index contributed by atoms with van der Waals surface area (Å²) in [6, 6.07) is 10.2. The molecule has 3 aliphatic rings. The van der Waals surface area contributed by atoms with Gasteiger partial charge in [0.15, 0.2) is 5.41 Å². The number of urea groups is 1. The molecule has 3 aliphatic heterocycles. The first kappa shape index (κ1) is 19.6. The molecule has 160 valence electrons. The summed E-state index contributed by atoms with van der Waals surface area (Å²) in [4.78, 5) is 42.3. The van der Waals surface area contributed by atoms with Crippen molar-refractivity contribution in [3.05, 3.63) is 59.7 Å². The van der Waals surface area contributed by atoms with E-state index < -0.39 is 41.0 Å². The minimum Gasteiger partial charge on any atom is -0.367 e. The van der Waals surface area contributed by atoms with E-state index in [1.807, 2.05) is 4.90 Å². The van der Waals surface area contributed by atoms with Crippen molar-refractivity contribution >= 4 is 29.2 Å². The van der Waals surface area contributed by atoms with E-state index in [-0.39, 0.29) is 12.0 Å². The second-order valence-electron chi connectivity index (χ2n) is 8.08. The number of para-hydroxylation sites is 1. The fourth-order valence-electron chi connectivity index (χ4n) is 5.08. The Balaban J connectivity index is 1.66. The van der Waals surface area contributed by atoms with Crippen molar-refractivity contribution in [2.75, 3.05) is 16.3 Å². The highest BCUT2D eigenvalue weighted by atomic mass is 19.4. The summed E-state index contributed by atoms with van der Waals surface area (Å²) in [5, 5.41) is 2.29. The number of carbonyl (C=O) groups is 3. The van der Waals surface area contributed by atoms with Crippen LogP contribution in [-0.2, 0) is 22.2 Å². The predicted molar refractivity (Wildman–Crippen MR) is 105 cm³/mol. The van der Waals surface area contributed by atoms with Crippen molar-refractivity contribution in [3.63, 3.8) is 0 Å². The van der Waals surface area contributed by atoms with Gasteiger partial charge >= 0.3 is 12.2 Å². The maximum atomic E-state index is 13.8. The van der Waals surface area contributed by atoms with Crippen LogP contribution in [-0.4, -0.2) is 30.4 Å². The Morgan fingerprint density at radius 1 is 1.03 bits per heavy atom. The summed E-state index contributed by atoms with van der Waals surface area (Å²) >= 11 is 0. The van der Waals surface area contributed by atoms with Gasteiger partial charge in [0.1, 0.15) is 0 Å². The summed E-state index contributed by atoms with van der Waals surface area (Å²) in [6.45, 7) is 0.518. The molecule has 0 unspecified atom stereocenters. The maximum absolute atomic E-state index is 13.8. The predicted octanol–water partition coefficient (Wildman–Crippen LogP) is 3.50. The van der Waals surface area contributed by atoms with E-state index in [2.05, 4.69) is 5.32 Å². The second kappa shape index (κ2) is 6.57. The number of barbiturate groups is 1. The van der Waals surface area contributed by atoms with E-state index in [9.17, 15) is 27.6 Å². The molecular formula is C22H18F3N3O3. The normalized spacial score (nSPS) is 25.5. The number of benzene rings is 2. The highest BCUT2D eigenvalue weighted by Crippen LogP contribution is 2.49. The first-order chi connectivity index (χ1) is 14.7. The van der Waals surface area contributed by atoms with Crippen LogP contribution < -0.4 is 15.1 Å². The van der Waals surface area contributed by atoms with Gasteiger partial charge in [0, 0.05) is 12.2 Å². The van der Waals surface area contributed by atoms with Crippen LogP contribution in [0, 0.1) is 5.41 Å². The van der Waals surface area contributed by atoms with Gasteiger partial charge in [-0.2, -0.15) is 13.2 Å². The Kier molecular flexibility index (Phi) is 4.15. The Labute approximate surface area is 175 Å². The molecule has 0 bridgehead atoms. The van der Waals surface area contributed by atoms with E-state index in [0.29, 0.717) is 30.8 Å². The van der Waals surface area contributed by atoms with Crippen molar-refractivity contribution in [2.24, 2.45) is 5.41 Å². The van der Waals surface area contributed by atoms with Gasteiger partial charge in [0.2, 0.25) is 5.91 Å². The summed E-state index contributed by atoms with van der Waals surface area (Å²) in [5.74, 6) is -1.46. The molecule has 5 rings (SSSR count). The smallest absolute Gasteiger partial charge is 0.367 e. The monoisotopic (exact) mass is 429 g/mol. The van der Waals surface area contributed by atoms with Crippen LogP contribution in [0.4, 0.5) is 29.3 Å². The molecule has 4 amide bonds. The summed E-state index contributed by atoms with van der Waals surface area (Å²) in [5.41, 5.74) is -1.34. The molecule has 2 aromatic carbocycles. The Bertz CT molecular complexity index is 1100. The van der Waals surface area contributed by atoms with E-state index in [1.165, 1.54) is 6.07 Å². The van der Waals surface area contributed by atoms with E-state index in [1.54, 1.807) is 30.3 Å². The van der Waals surface area contributed by atoms with Crippen LogP contribution in [0.15, 0.2) is 48.5 Å². The lowest BCUT2D eigenvalue weighted by Gasteiger charge is -2.49. The van der Waals surface area contributed by atoms with Gasteiger partial charge in [-0.1, -0.05) is 18.2 Å². The fraction of sp³-hybridized carbons (Fsp3) is 0.318. The molecule has 1 spiro atoms. The summed E-state index contributed by atoms with van der Waals surface area (Å²) < 4.78 is 40.0. The number of rotatable bonds is 1. The Morgan fingerprint density at radius 2 is 1.77 bits per heavy atom. The van der Waals surface area contributed by atoms with Crippen LogP contribution in [0.1, 0.15) is 24.0 Å². The Hall–Kier alpha value is -3.36. The SMILES string of the molecule is O=C1NC(=O)[C@]2(Cc3cc(C(F)(F)F)ccc3N3CCC[C@@H]32)C(=O)N1c1ccccc1. The van der Waals surface area contributed by atoms with E-state index in [0.717, 1.165) is 17.0 Å². The fourth-order valence-corrected chi connectivity index (χ4v) is 5.08. The molecule has 2 atom stereocenters. The van der Waals surface area contributed by atoms with Gasteiger partial charge in [0.25, 0.3) is 5.91 Å². The van der Waals surface area contributed by atoms with Gasteiger partial charge in [-0.05, 0) is 55.2 Å². The van der Waals surface area contributed by atoms with Crippen LogP contribution in [0.2, 0.25) is 0 Å². The van der Waals surface area contributed by atoms with Crippen molar-refractivity contribution in [1.29, 1.82) is 0 Å². The minimum absolute atomic E-state index is 0.200. The first-order valence-corrected chi connectivity index (χ1v) is 9.95. The molecule has 0 radical (unpaired) electrons. The number of anilines is 2. The number of alkyl halides is 3. The number of hydrogen-bond acceptors (Lipinski definition) is 4. The minimum atomic E-state index is -4.55. The van der Waals surface area contributed by atoms with Gasteiger partial charge in [-0.25, -0.2) is 9.69 Å². The number of carbonyl (C=O) groups excluding carboxylic acids is 3. The molecule has 2 saturated heterocycles. The molecule has 1 N–H and O–H groups in total. The van der Waals surface area contributed by atoms with E-state index >= 15 is 0 Å². The second-order valence-corrected chi connectivity index (χ2v) is 8.08. The van der Waals surface area contributed by atoms with Crippen LogP contribution in [0.25, 0.3) is 0 Å². The zero-order valence-electron chi connectivity index (χ0n) is 16.3. The molecule has 6 nitrogen and oxygen atoms in total. The average Bonchev–Trinajstić information content (AvgIpc) is 3.22. The highest BCUT2D eigenvalue weighted by molar-refractivity contribution is 6.30. The van der Waals surface area contributed by atoms with Crippen molar-refractivity contribution in [2.45, 2.75) is 31.5 Å². The first-order valence-electron chi connectivity index (χ1n) is 9.95. The molecular weight excluding hydrogens is 411 g/mol. The topological polar surface area (TPSA) is 69.7 Å². The zero-order valence-corrected chi connectivity index (χ0v) is 16.3. The lowest BCUT2D eigenvalue weighted by molar-refractivity contribution is -0.144. The average molecular weight is 429 g/mol. The number of nitrogens with one attached hydrogen (secondary N) is 1.